The van der Waals surface area contributed by atoms with E-state index in [1.165, 1.54) is 0 Å². The zero-order valence-electron chi connectivity index (χ0n) is 13.6. The third-order valence-electron chi connectivity index (χ3n) is 3.92. The molecule has 6 heteroatoms. The fourth-order valence-electron chi connectivity index (χ4n) is 3.04. The molecule has 0 aromatic carbocycles. The van der Waals surface area contributed by atoms with Gasteiger partial charge in [-0.3, -0.25) is 9.88 Å². The molecule has 0 saturated heterocycles. The van der Waals surface area contributed by atoms with Crippen LogP contribution in [0.25, 0.3) is 0 Å². The van der Waals surface area contributed by atoms with Crippen LogP contribution in [0.5, 0.6) is 0 Å². The van der Waals surface area contributed by atoms with Gasteiger partial charge in [-0.1, -0.05) is 12.1 Å². The summed E-state index contributed by atoms with van der Waals surface area (Å²) in [6, 6.07) is 1.84. The highest BCUT2D eigenvalue weighted by molar-refractivity contribution is 5.97. The molecular formula is C16H23N3O3. The molecular weight excluding hydrogens is 282 g/mol. The van der Waals surface area contributed by atoms with Gasteiger partial charge in [0.1, 0.15) is 0 Å². The van der Waals surface area contributed by atoms with E-state index in [4.69, 9.17) is 4.74 Å². The summed E-state index contributed by atoms with van der Waals surface area (Å²) in [5.74, 6) is 0. The van der Waals surface area contributed by atoms with Gasteiger partial charge in [-0.2, -0.15) is 0 Å². The predicted octanol–water partition coefficient (Wildman–Crippen LogP) is 3.22. The third-order valence-corrected chi connectivity index (χ3v) is 3.92. The van der Waals surface area contributed by atoms with E-state index < -0.39 is 0 Å². The van der Waals surface area contributed by atoms with E-state index in [9.17, 15) is 10.0 Å². The quantitative estimate of drug-likeness (QED) is 0.672. The van der Waals surface area contributed by atoms with Crippen LogP contribution in [0.3, 0.4) is 0 Å². The normalized spacial score (nSPS) is 19.7. The van der Waals surface area contributed by atoms with Crippen LogP contribution in [0, 0.1) is 13.8 Å². The van der Waals surface area contributed by atoms with Crippen molar-refractivity contribution in [2.24, 2.45) is 5.16 Å². The number of carbonyl (C=O) groups excluding carboxylic acids is 1. The van der Waals surface area contributed by atoms with Crippen LogP contribution in [-0.4, -0.2) is 34.6 Å². The summed E-state index contributed by atoms with van der Waals surface area (Å²) in [5.41, 5.74) is 4.08. The molecule has 1 aromatic rings. The number of nitrogens with zero attached hydrogens (tertiary/aromatic N) is 3. The largest absolute Gasteiger partial charge is 0.449 e. The fourth-order valence-corrected chi connectivity index (χ4v) is 3.04. The van der Waals surface area contributed by atoms with Crippen LogP contribution >= 0.6 is 0 Å². The monoisotopic (exact) mass is 305 g/mol. The van der Waals surface area contributed by atoms with Crippen molar-refractivity contribution < 1.29 is 14.7 Å². The summed E-state index contributed by atoms with van der Waals surface area (Å²) in [4.78, 5) is 18.7. The Bertz CT molecular complexity index is 599. The lowest BCUT2D eigenvalue weighted by Gasteiger charge is -2.30. The minimum absolute atomic E-state index is 0.102. The maximum Gasteiger partial charge on any atom is 0.414 e. The number of ether oxygens (including phenoxy) is 1. The van der Waals surface area contributed by atoms with Crippen LogP contribution in [0.4, 0.5) is 10.5 Å². The van der Waals surface area contributed by atoms with Crippen LogP contribution in [-0.2, 0) is 11.2 Å². The number of carbonyl (C=O) groups is 1. The summed E-state index contributed by atoms with van der Waals surface area (Å²) < 4.78 is 5.24. The Balaban J connectivity index is 2.62. The molecule has 0 fully saturated rings. The van der Waals surface area contributed by atoms with Gasteiger partial charge in [0.05, 0.1) is 23.7 Å². The average Bonchev–Trinajstić information content (AvgIpc) is 2.63. The summed E-state index contributed by atoms with van der Waals surface area (Å²) in [6.45, 7) is 7.93. The zero-order valence-corrected chi connectivity index (χ0v) is 13.6. The number of rotatable bonds is 2. The highest BCUT2D eigenvalue weighted by atomic mass is 16.6. The smallest absolute Gasteiger partial charge is 0.414 e. The summed E-state index contributed by atoms with van der Waals surface area (Å²) in [6.07, 6.45) is 1.41. The molecule has 0 spiro atoms. The van der Waals surface area contributed by atoms with Crippen molar-refractivity contribution in [3.05, 3.63) is 23.0 Å². The van der Waals surface area contributed by atoms with Crippen molar-refractivity contribution in [3.8, 4) is 0 Å². The fraction of sp³-hybridized carbons (Fsp3) is 0.562. The second kappa shape index (κ2) is 6.77. The maximum atomic E-state index is 12.5. The van der Waals surface area contributed by atoms with E-state index in [1.807, 2.05) is 26.8 Å². The summed E-state index contributed by atoms with van der Waals surface area (Å²) >= 11 is 0. The van der Waals surface area contributed by atoms with E-state index in [0.717, 1.165) is 29.1 Å². The second-order valence-corrected chi connectivity index (χ2v) is 5.53. The van der Waals surface area contributed by atoms with Crippen LogP contribution < -0.4 is 4.90 Å². The number of aromatic nitrogens is 1. The number of hydrogen-bond donors (Lipinski definition) is 1. The molecule has 6 nitrogen and oxygen atoms in total. The molecule has 120 valence electrons. The summed E-state index contributed by atoms with van der Waals surface area (Å²) in [7, 11) is 0. The van der Waals surface area contributed by atoms with Gasteiger partial charge in [0, 0.05) is 24.6 Å². The Morgan fingerprint density at radius 2 is 2.23 bits per heavy atom. The molecule has 1 amide bonds. The molecule has 1 aliphatic heterocycles. The highest BCUT2D eigenvalue weighted by Crippen LogP contribution is 2.33. The first-order valence-electron chi connectivity index (χ1n) is 7.64. The first-order chi connectivity index (χ1) is 10.5. The van der Waals surface area contributed by atoms with Gasteiger partial charge in [-0.25, -0.2) is 4.79 Å². The van der Waals surface area contributed by atoms with Gasteiger partial charge < -0.3 is 9.94 Å². The van der Waals surface area contributed by atoms with E-state index in [1.54, 1.807) is 11.8 Å². The topological polar surface area (TPSA) is 75.0 Å². The average molecular weight is 305 g/mol. The zero-order chi connectivity index (χ0) is 16.3. The van der Waals surface area contributed by atoms with Crippen LogP contribution in [0.2, 0.25) is 0 Å². The molecule has 1 aliphatic rings. The molecule has 2 heterocycles. The lowest BCUT2D eigenvalue weighted by molar-refractivity contribution is 0.157. The van der Waals surface area contributed by atoms with E-state index in [2.05, 4.69) is 10.1 Å². The number of anilines is 1. The SMILES string of the molecule is CCOC(=O)N1c2c(cc(C)nc2C)C/C(=N\O)CC1CC. The number of fused-ring (bicyclic) bond motifs is 1. The Kier molecular flexibility index (Phi) is 5.00. The number of amides is 1. The highest BCUT2D eigenvalue weighted by Gasteiger charge is 2.33. The maximum absolute atomic E-state index is 12.5. The molecule has 0 radical (unpaired) electrons. The van der Waals surface area contributed by atoms with Gasteiger partial charge in [0.25, 0.3) is 0 Å². The predicted molar refractivity (Wildman–Crippen MR) is 84.8 cm³/mol. The number of aryl methyl sites for hydroxylation is 2. The van der Waals surface area contributed by atoms with Gasteiger partial charge in [-0.15, -0.1) is 0 Å². The molecule has 0 saturated carbocycles. The standard InChI is InChI=1S/C16H23N3O3/c1-5-14-9-13(18-21)8-12-7-10(3)17-11(4)15(12)19(14)16(20)22-6-2/h7,14,21H,5-6,8-9H2,1-4H3/b18-13+. The first kappa shape index (κ1) is 16.3. The molecule has 1 aromatic heterocycles. The number of hydrogen-bond acceptors (Lipinski definition) is 5. The molecule has 22 heavy (non-hydrogen) atoms. The Hall–Kier alpha value is -2.11. The molecule has 2 rings (SSSR count). The van der Waals surface area contributed by atoms with E-state index >= 15 is 0 Å². The van der Waals surface area contributed by atoms with Crippen molar-refractivity contribution in [1.29, 1.82) is 0 Å². The Morgan fingerprint density at radius 1 is 1.50 bits per heavy atom. The number of pyridine rings is 1. The third kappa shape index (κ3) is 3.05. The number of oxime groups is 1. The minimum Gasteiger partial charge on any atom is -0.449 e. The van der Waals surface area contributed by atoms with Crippen LogP contribution in [0.15, 0.2) is 11.2 Å². The molecule has 1 atom stereocenters. The van der Waals surface area contributed by atoms with Crippen molar-refractivity contribution in [3.63, 3.8) is 0 Å². The van der Waals surface area contributed by atoms with Crippen molar-refractivity contribution in [2.75, 3.05) is 11.5 Å². The van der Waals surface area contributed by atoms with Gasteiger partial charge in [-0.05, 0) is 38.8 Å². The van der Waals surface area contributed by atoms with Gasteiger partial charge in [0.15, 0.2) is 0 Å². The second-order valence-electron chi connectivity index (χ2n) is 5.53. The van der Waals surface area contributed by atoms with Gasteiger partial charge >= 0.3 is 6.09 Å². The van der Waals surface area contributed by atoms with E-state index in [-0.39, 0.29) is 12.1 Å². The first-order valence-corrected chi connectivity index (χ1v) is 7.64. The minimum atomic E-state index is -0.372. The van der Waals surface area contributed by atoms with Crippen molar-refractivity contribution >= 4 is 17.5 Å². The molecule has 1 unspecified atom stereocenters. The van der Waals surface area contributed by atoms with Gasteiger partial charge in [0.2, 0.25) is 0 Å². The van der Waals surface area contributed by atoms with Crippen molar-refractivity contribution in [2.45, 2.75) is 53.0 Å². The van der Waals surface area contributed by atoms with Crippen LogP contribution in [0.1, 0.15) is 43.6 Å². The lowest BCUT2D eigenvalue weighted by Crippen LogP contribution is -2.41. The lowest BCUT2D eigenvalue weighted by atomic mass is 10.0. The Labute approximate surface area is 130 Å². The summed E-state index contributed by atoms with van der Waals surface area (Å²) in [5, 5.41) is 12.7. The Morgan fingerprint density at radius 3 is 2.82 bits per heavy atom. The van der Waals surface area contributed by atoms with E-state index in [0.29, 0.717) is 25.2 Å². The molecule has 1 N–H and O–H groups in total. The molecule has 0 bridgehead atoms. The van der Waals surface area contributed by atoms with Crippen molar-refractivity contribution in [1.82, 2.24) is 4.98 Å². The molecule has 0 aliphatic carbocycles.